The van der Waals surface area contributed by atoms with Crippen LogP contribution in [0.25, 0.3) is 27.5 Å². The third-order valence-electron chi connectivity index (χ3n) is 5.54. The van der Waals surface area contributed by atoms with Crippen molar-refractivity contribution >= 4 is 52.0 Å². The number of aryl methyl sites for hydroxylation is 1. The van der Waals surface area contributed by atoms with E-state index in [-0.39, 0.29) is 5.75 Å². The minimum absolute atomic E-state index is 0.289. The average molecular weight is 537 g/mol. The highest BCUT2D eigenvalue weighted by molar-refractivity contribution is 7.96. The van der Waals surface area contributed by atoms with Crippen LogP contribution in [0.3, 0.4) is 0 Å². The molecule has 0 unspecified atom stereocenters. The third-order valence-corrected chi connectivity index (χ3v) is 6.03. The highest BCUT2D eigenvalue weighted by Crippen LogP contribution is 2.29. The van der Waals surface area contributed by atoms with Crippen molar-refractivity contribution in [2.45, 2.75) is 13.3 Å². The molecule has 0 aliphatic rings. The van der Waals surface area contributed by atoms with Crippen LogP contribution in [0.1, 0.15) is 11.1 Å². The lowest BCUT2D eigenvalue weighted by atomic mass is 10.1. The Morgan fingerprint density at radius 3 is 2.66 bits per heavy atom. The Morgan fingerprint density at radius 1 is 1.08 bits per heavy atom. The molecule has 2 aromatic heterocycles. The number of ether oxygens (including phenoxy) is 1. The minimum atomic E-state index is -4.74. The van der Waals surface area contributed by atoms with Gasteiger partial charge in [-0.15, -0.1) is 13.2 Å². The Labute approximate surface area is 218 Å². The summed E-state index contributed by atoms with van der Waals surface area (Å²) in [4.78, 5) is 20.7. The number of carbonyl (C=O) groups is 1. The second kappa shape index (κ2) is 10.4. The molecular formula is C26H19F3N6O2S. The number of imidazole rings is 1. The maximum absolute atomic E-state index is 12.4. The van der Waals surface area contributed by atoms with Gasteiger partial charge in [0.2, 0.25) is 0 Å². The predicted octanol–water partition coefficient (Wildman–Crippen LogP) is 6.58. The van der Waals surface area contributed by atoms with Crippen molar-refractivity contribution in [2.75, 3.05) is 5.32 Å². The van der Waals surface area contributed by atoms with E-state index in [1.807, 2.05) is 43.3 Å². The quantitative estimate of drug-likeness (QED) is 0.189. The highest BCUT2D eigenvalue weighted by atomic mass is 32.2. The largest absolute Gasteiger partial charge is 0.573 e. The molecule has 0 saturated carbocycles. The molecule has 0 radical (unpaired) electrons. The van der Waals surface area contributed by atoms with E-state index in [4.69, 9.17) is 0 Å². The Morgan fingerprint density at radius 2 is 1.89 bits per heavy atom. The van der Waals surface area contributed by atoms with Crippen LogP contribution in [0.15, 0.2) is 83.7 Å². The van der Waals surface area contributed by atoms with Crippen LogP contribution in [0.2, 0.25) is 0 Å². The fourth-order valence-corrected chi connectivity index (χ4v) is 4.19. The van der Waals surface area contributed by atoms with E-state index in [9.17, 15) is 18.0 Å². The van der Waals surface area contributed by atoms with Gasteiger partial charge in [-0.3, -0.25) is 14.6 Å². The van der Waals surface area contributed by atoms with Gasteiger partial charge in [-0.1, -0.05) is 24.3 Å². The van der Waals surface area contributed by atoms with E-state index in [0.29, 0.717) is 11.5 Å². The van der Waals surface area contributed by atoms with Crippen LogP contribution in [-0.4, -0.2) is 33.1 Å². The molecule has 0 atom stereocenters. The average Bonchev–Trinajstić information content (AvgIpc) is 3.32. The van der Waals surface area contributed by atoms with E-state index < -0.39 is 12.4 Å². The first-order chi connectivity index (χ1) is 18.3. The van der Waals surface area contributed by atoms with E-state index in [1.165, 1.54) is 24.3 Å². The predicted molar refractivity (Wildman–Crippen MR) is 142 cm³/mol. The number of carbonyl (C=O) groups excluding carboxylic acids is 1. The molecule has 0 fully saturated rings. The topological polar surface area (TPSA) is 93.4 Å². The van der Waals surface area contributed by atoms with Crippen LogP contribution < -0.4 is 14.8 Å². The summed E-state index contributed by atoms with van der Waals surface area (Å²) < 4.78 is 49.8. The van der Waals surface area contributed by atoms with Crippen molar-refractivity contribution in [2.24, 2.45) is 4.40 Å². The van der Waals surface area contributed by atoms with Gasteiger partial charge in [0.05, 0.1) is 23.2 Å². The van der Waals surface area contributed by atoms with Crippen molar-refractivity contribution in [3.63, 3.8) is 0 Å². The molecule has 5 rings (SSSR count). The lowest BCUT2D eigenvalue weighted by Crippen LogP contribution is -2.23. The van der Waals surface area contributed by atoms with Crippen molar-refractivity contribution in [3.05, 3.63) is 90.4 Å². The molecular weight excluding hydrogens is 517 g/mol. The van der Waals surface area contributed by atoms with Gasteiger partial charge in [-0.25, -0.2) is 19.2 Å². The monoisotopic (exact) mass is 536 g/mol. The maximum atomic E-state index is 12.4. The van der Waals surface area contributed by atoms with Gasteiger partial charge < -0.3 is 4.74 Å². The lowest BCUT2D eigenvalue weighted by molar-refractivity contribution is -0.274. The summed E-state index contributed by atoms with van der Waals surface area (Å²) in [5.41, 5.74) is 3.87. The van der Waals surface area contributed by atoms with Gasteiger partial charge in [0.1, 0.15) is 17.9 Å². The number of hydrogen-bond acceptors (Lipinski definition) is 6. The Kier molecular flexibility index (Phi) is 6.88. The molecule has 192 valence electrons. The summed E-state index contributed by atoms with van der Waals surface area (Å²) in [6.07, 6.45) is 0.109. The number of benzene rings is 3. The summed E-state index contributed by atoms with van der Waals surface area (Å²) in [6, 6.07) is 18.4. The van der Waals surface area contributed by atoms with E-state index in [1.54, 1.807) is 29.4 Å². The van der Waals surface area contributed by atoms with E-state index in [0.717, 1.165) is 45.1 Å². The number of fused-ring (bicyclic) bond motifs is 3. The van der Waals surface area contributed by atoms with Crippen LogP contribution in [0, 0.1) is 6.92 Å². The molecule has 2 N–H and O–H groups in total. The van der Waals surface area contributed by atoms with Crippen molar-refractivity contribution < 1.29 is 22.7 Å². The molecule has 8 nitrogen and oxygen atoms in total. The lowest BCUT2D eigenvalue weighted by Gasteiger charge is -2.10. The van der Waals surface area contributed by atoms with Crippen LogP contribution in [0.5, 0.6) is 5.75 Å². The zero-order valence-corrected chi connectivity index (χ0v) is 20.5. The summed E-state index contributed by atoms with van der Waals surface area (Å²) in [5.74, 6) is 0.188. The van der Waals surface area contributed by atoms with Crippen LogP contribution >= 0.6 is 12.1 Å². The zero-order valence-electron chi connectivity index (χ0n) is 19.7. The second-order valence-electron chi connectivity index (χ2n) is 8.12. The molecule has 2 amide bonds. The summed E-state index contributed by atoms with van der Waals surface area (Å²) in [5, 5.41) is 4.50. The highest BCUT2D eigenvalue weighted by Gasteiger charge is 2.31. The van der Waals surface area contributed by atoms with E-state index in [2.05, 4.69) is 29.1 Å². The first-order valence-electron chi connectivity index (χ1n) is 11.2. The molecule has 0 aliphatic heterocycles. The molecule has 3 aromatic carbocycles. The first kappa shape index (κ1) is 25.1. The number of pyridine rings is 1. The second-order valence-corrected chi connectivity index (χ2v) is 8.72. The SMILES string of the molecule is Cc1cccnc1NC(=O)NSN=Cc1ccc2c(ccc3c2ncn3-c2ccc(OC(F)(F)F)cc2)c1. The number of aromatic nitrogens is 3. The van der Waals surface area contributed by atoms with Gasteiger partial charge in [-0.2, -0.15) is 0 Å². The smallest absolute Gasteiger partial charge is 0.406 e. The number of urea groups is 1. The van der Waals surface area contributed by atoms with Crippen LogP contribution in [-0.2, 0) is 0 Å². The molecule has 0 saturated heterocycles. The molecule has 5 aromatic rings. The molecule has 0 bridgehead atoms. The number of rotatable bonds is 6. The summed E-state index contributed by atoms with van der Waals surface area (Å²) >= 11 is 0.887. The van der Waals surface area contributed by atoms with Crippen molar-refractivity contribution in [1.29, 1.82) is 0 Å². The van der Waals surface area contributed by atoms with Crippen LogP contribution in [0.4, 0.5) is 23.8 Å². The number of halogens is 3. The number of anilines is 1. The van der Waals surface area contributed by atoms with Gasteiger partial charge in [0, 0.05) is 23.5 Å². The molecule has 0 aliphatic carbocycles. The van der Waals surface area contributed by atoms with Gasteiger partial charge in [0.15, 0.2) is 0 Å². The Bertz CT molecular complexity index is 1650. The minimum Gasteiger partial charge on any atom is -0.406 e. The van der Waals surface area contributed by atoms with Crippen molar-refractivity contribution in [1.82, 2.24) is 19.3 Å². The molecule has 38 heavy (non-hydrogen) atoms. The molecule has 2 heterocycles. The standard InChI is InChI=1S/C26H19F3N6O2S/c1-16-3-2-12-30-24(16)33-25(36)34-38-32-14-17-4-10-21-18(13-17)5-11-22-23(21)31-15-35(22)19-6-8-20(9-7-19)37-26(27,28)29/h2-15H,1H3,(H2,30,33,34,36). The number of nitrogens with one attached hydrogen (secondary N) is 2. The van der Waals surface area contributed by atoms with Gasteiger partial charge >= 0.3 is 12.4 Å². The van der Waals surface area contributed by atoms with E-state index >= 15 is 0 Å². The zero-order chi connectivity index (χ0) is 26.7. The normalized spacial score (nSPS) is 11.8. The Hall–Kier alpha value is -4.58. The molecule has 12 heteroatoms. The number of nitrogens with zero attached hydrogens (tertiary/aromatic N) is 4. The summed E-state index contributed by atoms with van der Waals surface area (Å²) in [7, 11) is 0. The summed E-state index contributed by atoms with van der Waals surface area (Å²) in [6.45, 7) is 1.85. The Balaban J connectivity index is 1.27. The number of hydrogen-bond donors (Lipinski definition) is 2. The third kappa shape index (κ3) is 5.70. The number of amides is 2. The van der Waals surface area contributed by atoms with Crippen molar-refractivity contribution in [3.8, 4) is 11.4 Å². The fourth-order valence-electron chi connectivity index (χ4n) is 3.83. The maximum Gasteiger partial charge on any atom is 0.573 e. The molecule has 0 spiro atoms. The van der Waals surface area contributed by atoms with Gasteiger partial charge in [-0.05, 0) is 65.9 Å². The van der Waals surface area contributed by atoms with Gasteiger partial charge in [0.25, 0.3) is 0 Å². The fraction of sp³-hybridized carbons (Fsp3) is 0.0769. The first-order valence-corrected chi connectivity index (χ1v) is 12.0. The number of alkyl halides is 3.